The van der Waals surface area contributed by atoms with Gasteiger partial charge in [-0.25, -0.2) is 0 Å². The van der Waals surface area contributed by atoms with Crippen LogP contribution in [0, 0.1) is 0 Å². The molecule has 2 N–H and O–H groups in total. The van der Waals surface area contributed by atoms with Crippen molar-refractivity contribution in [1.82, 2.24) is 10.6 Å². The maximum absolute atomic E-state index is 12.5. The molecule has 2 aliphatic rings. The van der Waals surface area contributed by atoms with E-state index in [1.807, 2.05) is 36.4 Å². The minimum absolute atomic E-state index is 0.00671. The molecule has 0 atom stereocenters. The minimum atomic E-state index is -0.131. The Morgan fingerprint density at radius 1 is 0.786 bits per heavy atom. The number of piperidine rings is 1. The Kier molecular flexibility index (Phi) is 5.53. The van der Waals surface area contributed by atoms with E-state index in [1.165, 1.54) is 0 Å². The van der Waals surface area contributed by atoms with Crippen molar-refractivity contribution in [2.75, 3.05) is 18.0 Å². The summed E-state index contributed by atoms with van der Waals surface area (Å²) in [4.78, 5) is 27.3. The van der Waals surface area contributed by atoms with E-state index in [2.05, 4.69) is 15.5 Å². The van der Waals surface area contributed by atoms with E-state index in [4.69, 9.17) is 11.6 Å². The van der Waals surface area contributed by atoms with Crippen LogP contribution in [0.3, 0.4) is 0 Å². The van der Waals surface area contributed by atoms with Gasteiger partial charge in [0.05, 0.1) is 16.1 Å². The highest BCUT2D eigenvalue weighted by molar-refractivity contribution is 6.33. The highest BCUT2D eigenvalue weighted by Gasteiger charge is 2.27. The van der Waals surface area contributed by atoms with Crippen molar-refractivity contribution >= 4 is 29.1 Å². The van der Waals surface area contributed by atoms with Crippen molar-refractivity contribution in [2.24, 2.45) is 0 Å². The first-order valence-corrected chi connectivity index (χ1v) is 10.2. The van der Waals surface area contributed by atoms with Gasteiger partial charge in [0, 0.05) is 30.9 Å². The molecule has 4 rings (SSSR count). The minimum Gasteiger partial charge on any atom is -0.371 e. The number of carbonyl (C=O) groups excluding carboxylic acids is 2. The van der Waals surface area contributed by atoms with Crippen molar-refractivity contribution in [1.29, 1.82) is 0 Å². The first-order chi connectivity index (χ1) is 13.6. The number of benzene rings is 2. The van der Waals surface area contributed by atoms with Gasteiger partial charge in [-0.1, -0.05) is 35.9 Å². The maximum Gasteiger partial charge on any atom is 0.253 e. The number of para-hydroxylation sites is 1. The van der Waals surface area contributed by atoms with Gasteiger partial charge in [0.15, 0.2) is 0 Å². The summed E-state index contributed by atoms with van der Waals surface area (Å²) in [5.74, 6) is -0.125. The maximum atomic E-state index is 12.5. The summed E-state index contributed by atoms with van der Waals surface area (Å²) < 4.78 is 0. The predicted molar refractivity (Wildman–Crippen MR) is 111 cm³/mol. The average Bonchev–Trinajstić information content (AvgIpc) is 3.53. The number of halogens is 1. The smallest absolute Gasteiger partial charge is 0.253 e. The second-order valence-electron chi connectivity index (χ2n) is 7.48. The van der Waals surface area contributed by atoms with E-state index in [9.17, 15) is 9.59 Å². The van der Waals surface area contributed by atoms with Crippen molar-refractivity contribution in [3.8, 4) is 0 Å². The van der Waals surface area contributed by atoms with E-state index >= 15 is 0 Å². The van der Waals surface area contributed by atoms with E-state index in [1.54, 1.807) is 12.1 Å². The number of hydrogen-bond acceptors (Lipinski definition) is 3. The summed E-state index contributed by atoms with van der Waals surface area (Å²) in [5.41, 5.74) is 2.21. The molecule has 2 aromatic carbocycles. The number of hydrogen-bond donors (Lipinski definition) is 2. The van der Waals surface area contributed by atoms with Gasteiger partial charge >= 0.3 is 0 Å². The summed E-state index contributed by atoms with van der Waals surface area (Å²) in [6.07, 6.45) is 3.80. The molecule has 5 nitrogen and oxygen atoms in total. The van der Waals surface area contributed by atoms with Gasteiger partial charge < -0.3 is 15.5 Å². The van der Waals surface area contributed by atoms with Crippen molar-refractivity contribution in [2.45, 2.75) is 37.8 Å². The molecule has 1 heterocycles. The molecule has 6 heteroatoms. The highest BCUT2D eigenvalue weighted by Crippen LogP contribution is 2.26. The summed E-state index contributed by atoms with van der Waals surface area (Å²) in [5, 5.41) is 6.63. The molecule has 0 spiro atoms. The second-order valence-corrected chi connectivity index (χ2v) is 7.89. The largest absolute Gasteiger partial charge is 0.371 e. The zero-order chi connectivity index (χ0) is 19.5. The lowest BCUT2D eigenvalue weighted by atomic mass is 10.0. The molecule has 2 amide bonds. The zero-order valence-corrected chi connectivity index (χ0v) is 16.4. The standard InChI is InChI=1S/C22H24ClN3O2/c23-19-7-3-1-5-17(19)21(27)25-16-11-13-26(14-12-16)20-8-4-2-6-18(20)22(28)24-15-9-10-15/h1-8,15-16H,9-14H2,(H,24,28)(H,25,27). The third-order valence-corrected chi connectivity index (χ3v) is 5.68. The van der Waals surface area contributed by atoms with Gasteiger partial charge in [-0.3, -0.25) is 9.59 Å². The quantitative estimate of drug-likeness (QED) is 0.809. The number of rotatable bonds is 5. The van der Waals surface area contributed by atoms with Crippen LogP contribution in [-0.2, 0) is 0 Å². The predicted octanol–water partition coefficient (Wildman–Crippen LogP) is 3.63. The van der Waals surface area contributed by atoms with E-state index in [-0.39, 0.29) is 17.9 Å². The Hall–Kier alpha value is -2.53. The Morgan fingerprint density at radius 3 is 1.96 bits per heavy atom. The normalized spacial score (nSPS) is 17.2. The zero-order valence-electron chi connectivity index (χ0n) is 15.7. The molecular weight excluding hydrogens is 374 g/mol. The third-order valence-electron chi connectivity index (χ3n) is 5.35. The Labute approximate surface area is 170 Å². The number of anilines is 1. The van der Waals surface area contributed by atoms with Gasteiger partial charge in [-0.2, -0.15) is 0 Å². The van der Waals surface area contributed by atoms with Gasteiger partial charge in [0.25, 0.3) is 11.8 Å². The van der Waals surface area contributed by atoms with Crippen molar-refractivity contribution < 1.29 is 9.59 Å². The highest BCUT2D eigenvalue weighted by atomic mass is 35.5. The van der Waals surface area contributed by atoms with Crippen LogP contribution in [0.2, 0.25) is 5.02 Å². The number of nitrogens with zero attached hydrogens (tertiary/aromatic N) is 1. The van der Waals surface area contributed by atoms with Crippen molar-refractivity contribution in [3.05, 3.63) is 64.7 Å². The lowest BCUT2D eigenvalue weighted by Crippen LogP contribution is -2.45. The fourth-order valence-electron chi connectivity index (χ4n) is 3.61. The van der Waals surface area contributed by atoms with E-state index in [0.29, 0.717) is 16.6 Å². The molecule has 0 radical (unpaired) electrons. The number of nitrogens with one attached hydrogen (secondary N) is 2. The van der Waals surface area contributed by atoms with Crippen LogP contribution in [0.25, 0.3) is 0 Å². The molecule has 1 saturated heterocycles. The van der Waals surface area contributed by atoms with Crippen LogP contribution in [0.15, 0.2) is 48.5 Å². The Morgan fingerprint density at radius 2 is 1.32 bits per heavy atom. The van der Waals surface area contributed by atoms with Crippen LogP contribution in [0.5, 0.6) is 0 Å². The third kappa shape index (κ3) is 4.30. The number of carbonyl (C=O) groups is 2. The Bertz CT molecular complexity index is 874. The molecule has 146 valence electrons. The molecule has 2 fully saturated rings. The number of amides is 2. The van der Waals surface area contributed by atoms with Gasteiger partial charge in [0.2, 0.25) is 0 Å². The molecular formula is C22H24ClN3O2. The topological polar surface area (TPSA) is 61.4 Å². The molecule has 2 aromatic rings. The van der Waals surface area contributed by atoms with Crippen LogP contribution in [0.4, 0.5) is 5.69 Å². The van der Waals surface area contributed by atoms with E-state index < -0.39 is 0 Å². The van der Waals surface area contributed by atoms with Crippen LogP contribution < -0.4 is 15.5 Å². The van der Waals surface area contributed by atoms with Crippen LogP contribution in [0.1, 0.15) is 46.4 Å². The fourth-order valence-corrected chi connectivity index (χ4v) is 3.83. The first-order valence-electron chi connectivity index (χ1n) is 9.82. The first kappa shape index (κ1) is 18.8. The van der Waals surface area contributed by atoms with Gasteiger partial charge in [-0.15, -0.1) is 0 Å². The summed E-state index contributed by atoms with van der Waals surface area (Å²) >= 11 is 6.12. The lowest BCUT2D eigenvalue weighted by Gasteiger charge is -2.35. The molecule has 1 saturated carbocycles. The molecule has 28 heavy (non-hydrogen) atoms. The molecule has 1 aliphatic carbocycles. The summed E-state index contributed by atoms with van der Waals surface area (Å²) in [7, 11) is 0. The summed E-state index contributed by atoms with van der Waals surface area (Å²) in [6.45, 7) is 1.59. The second kappa shape index (κ2) is 8.23. The van der Waals surface area contributed by atoms with Crippen LogP contribution in [-0.4, -0.2) is 37.0 Å². The Balaban J connectivity index is 1.37. The van der Waals surface area contributed by atoms with Gasteiger partial charge in [-0.05, 0) is 49.9 Å². The summed E-state index contributed by atoms with van der Waals surface area (Å²) in [6, 6.07) is 15.3. The molecule has 0 bridgehead atoms. The van der Waals surface area contributed by atoms with Crippen LogP contribution >= 0.6 is 11.6 Å². The monoisotopic (exact) mass is 397 g/mol. The van der Waals surface area contributed by atoms with Crippen molar-refractivity contribution in [3.63, 3.8) is 0 Å². The molecule has 0 unspecified atom stereocenters. The molecule has 1 aliphatic heterocycles. The fraction of sp³-hybridized carbons (Fsp3) is 0.364. The molecule has 0 aromatic heterocycles. The lowest BCUT2D eigenvalue weighted by molar-refractivity contribution is 0.0929. The van der Waals surface area contributed by atoms with E-state index in [0.717, 1.165) is 50.0 Å². The SMILES string of the molecule is O=C(NC1CCN(c2ccccc2C(=O)NC2CC2)CC1)c1ccccc1Cl. The van der Waals surface area contributed by atoms with Gasteiger partial charge in [0.1, 0.15) is 0 Å². The average molecular weight is 398 g/mol.